The lowest BCUT2D eigenvalue weighted by atomic mass is 10.2. The lowest BCUT2D eigenvalue weighted by molar-refractivity contribution is 0.989. The molecular formula is C17H16ClN5. The predicted octanol–water partition coefficient (Wildman–Crippen LogP) is 4.63. The maximum absolute atomic E-state index is 5.89. The standard InChI is InChI=1S/C17H16ClN5/c1-11-3-7-14(8-4-11)21-16-19-12(2)20-17(23-16)22-15-9-5-13(18)6-10-15/h3-10H,1-2H3,(H2,19,20,21,22,23). The molecule has 2 N–H and O–H groups in total. The van der Waals surface area contributed by atoms with Crippen molar-refractivity contribution in [3.8, 4) is 0 Å². The van der Waals surface area contributed by atoms with Crippen molar-refractivity contribution in [2.75, 3.05) is 10.6 Å². The Morgan fingerprint density at radius 2 is 1.17 bits per heavy atom. The summed E-state index contributed by atoms with van der Waals surface area (Å²) in [5.74, 6) is 1.61. The van der Waals surface area contributed by atoms with E-state index in [1.165, 1.54) is 5.56 Å². The van der Waals surface area contributed by atoms with Crippen molar-refractivity contribution < 1.29 is 0 Å². The summed E-state index contributed by atoms with van der Waals surface area (Å²) in [5.41, 5.74) is 2.99. The summed E-state index contributed by atoms with van der Waals surface area (Å²) >= 11 is 5.89. The van der Waals surface area contributed by atoms with Gasteiger partial charge in [-0.3, -0.25) is 0 Å². The Balaban J connectivity index is 1.81. The maximum Gasteiger partial charge on any atom is 0.232 e. The Hall–Kier alpha value is -2.66. The molecule has 0 aliphatic rings. The van der Waals surface area contributed by atoms with Crippen molar-refractivity contribution in [1.82, 2.24) is 15.0 Å². The molecule has 0 saturated carbocycles. The third kappa shape index (κ3) is 4.17. The van der Waals surface area contributed by atoms with Crippen LogP contribution in [0, 0.1) is 13.8 Å². The Kier molecular flexibility index (Phi) is 4.39. The predicted molar refractivity (Wildman–Crippen MR) is 93.8 cm³/mol. The number of hydrogen-bond donors (Lipinski definition) is 2. The van der Waals surface area contributed by atoms with E-state index in [4.69, 9.17) is 11.6 Å². The van der Waals surface area contributed by atoms with Gasteiger partial charge in [0, 0.05) is 16.4 Å². The third-order valence-corrected chi connectivity index (χ3v) is 3.41. The molecule has 23 heavy (non-hydrogen) atoms. The smallest absolute Gasteiger partial charge is 0.232 e. The molecule has 2 aromatic carbocycles. The van der Waals surface area contributed by atoms with Crippen LogP contribution in [0.4, 0.5) is 23.3 Å². The summed E-state index contributed by atoms with van der Waals surface area (Å²) in [6.45, 7) is 3.88. The van der Waals surface area contributed by atoms with E-state index in [0.29, 0.717) is 22.7 Å². The summed E-state index contributed by atoms with van der Waals surface area (Å²) < 4.78 is 0. The fourth-order valence-electron chi connectivity index (χ4n) is 2.02. The highest BCUT2D eigenvalue weighted by Crippen LogP contribution is 2.19. The number of nitrogens with one attached hydrogen (secondary N) is 2. The summed E-state index contributed by atoms with van der Waals surface area (Å²) in [6.07, 6.45) is 0. The van der Waals surface area contributed by atoms with Crippen molar-refractivity contribution in [3.05, 3.63) is 64.9 Å². The number of rotatable bonds is 4. The van der Waals surface area contributed by atoms with Crippen LogP contribution in [-0.4, -0.2) is 15.0 Å². The molecule has 3 aromatic rings. The second-order valence-corrected chi connectivity index (χ2v) is 5.59. The van der Waals surface area contributed by atoms with E-state index in [-0.39, 0.29) is 0 Å². The third-order valence-electron chi connectivity index (χ3n) is 3.16. The van der Waals surface area contributed by atoms with E-state index in [9.17, 15) is 0 Å². The van der Waals surface area contributed by atoms with E-state index >= 15 is 0 Å². The number of anilines is 4. The quantitative estimate of drug-likeness (QED) is 0.732. The van der Waals surface area contributed by atoms with Gasteiger partial charge in [-0.15, -0.1) is 0 Å². The number of benzene rings is 2. The molecule has 0 spiro atoms. The van der Waals surface area contributed by atoms with Gasteiger partial charge in [0.05, 0.1) is 0 Å². The van der Waals surface area contributed by atoms with Gasteiger partial charge in [0.15, 0.2) is 0 Å². The highest BCUT2D eigenvalue weighted by atomic mass is 35.5. The van der Waals surface area contributed by atoms with Gasteiger partial charge in [0.25, 0.3) is 0 Å². The molecule has 1 heterocycles. The zero-order chi connectivity index (χ0) is 16.2. The molecule has 0 saturated heterocycles. The highest BCUT2D eigenvalue weighted by Gasteiger charge is 2.05. The number of nitrogens with zero attached hydrogens (tertiary/aromatic N) is 3. The second-order valence-electron chi connectivity index (χ2n) is 5.15. The average Bonchev–Trinajstić information content (AvgIpc) is 2.51. The molecular weight excluding hydrogens is 310 g/mol. The van der Waals surface area contributed by atoms with Crippen molar-refractivity contribution in [2.24, 2.45) is 0 Å². The Labute approximate surface area is 139 Å². The molecule has 116 valence electrons. The number of aromatic nitrogens is 3. The van der Waals surface area contributed by atoms with E-state index in [0.717, 1.165) is 11.4 Å². The molecule has 1 aromatic heterocycles. The van der Waals surface area contributed by atoms with Crippen LogP contribution in [0.15, 0.2) is 48.5 Å². The summed E-state index contributed by atoms with van der Waals surface area (Å²) in [5, 5.41) is 7.01. The van der Waals surface area contributed by atoms with E-state index in [2.05, 4.69) is 25.6 Å². The summed E-state index contributed by atoms with van der Waals surface area (Å²) in [7, 11) is 0. The molecule has 5 nitrogen and oxygen atoms in total. The molecule has 0 aliphatic heterocycles. The number of aryl methyl sites for hydroxylation is 2. The first-order valence-corrected chi connectivity index (χ1v) is 7.55. The van der Waals surface area contributed by atoms with Crippen LogP contribution in [0.25, 0.3) is 0 Å². The maximum atomic E-state index is 5.89. The van der Waals surface area contributed by atoms with Crippen molar-refractivity contribution in [2.45, 2.75) is 13.8 Å². The Bertz CT molecular complexity index is 734. The Morgan fingerprint density at radius 3 is 1.70 bits per heavy atom. The zero-order valence-corrected chi connectivity index (χ0v) is 13.6. The SMILES string of the molecule is Cc1ccc(Nc2nc(C)nc(Nc3ccc(Cl)cc3)n2)cc1. The Morgan fingerprint density at radius 1 is 0.696 bits per heavy atom. The van der Waals surface area contributed by atoms with Crippen LogP contribution in [-0.2, 0) is 0 Å². The van der Waals surface area contributed by atoms with Gasteiger partial charge in [-0.1, -0.05) is 29.3 Å². The summed E-state index contributed by atoms with van der Waals surface area (Å²) in [6, 6.07) is 15.4. The molecule has 3 rings (SSSR count). The molecule has 0 unspecified atom stereocenters. The van der Waals surface area contributed by atoms with Crippen molar-refractivity contribution in [1.29, 1.82) is 0 Å². The van der Waals surface area contributed by atoms with Crippen molar-refractivity contribution >= 4 is 34.9 Å². The van der Waals surface area contributed by atoms with Crippen LogP contribution < -0.4 is 10.6 Å². The van der Waals surface area contributed by atoms with Gasteiger partial charge in [0.2, 0.25) is 11.9 Å². The van der Waals surface area contributed by atoms with Gasteiger partial charge in [-0.25, -0.2) is 0 Å². The lowest BCUT2D eigenvalue weighted by Gasteiger charge is -2.09. The van der Waals surface area contributed by atoms with Gasteiger partial charge < -0.3 is 10.6 Å². The van der Waals surface area contributed by atoms with Crippen LogP contribution in [0.1, 0.15) is 11.4 Å². The van der Waals surface area contributed by atoms with Crippen molar-refractivity contribution in [3.63, 3.8) is 0 Å². The molecule has 0 fully saturated rings. The normalized spacial score (nSPS) is 10.4. The van der Waals surface area contributed by atoms with E-state index in [1.807, 2.05) is 62.4 Å². The zero-order valence-electron chi connectivity index (χ0n) is 12.8. The lowest BCUT2D eigenvalue weighted by Crippen LogP contribution is -2.05. The monoisotopic (exact) mass is 325 g/mol. The molecule has 0 bridgehead atoms. The number of halogens is 1. The molecule has 0 atom stereocenters. The van der Waals surface area contributed by atoms with E-state index < -0.39 is 0 Å². The molecule has 0 amide bonds. The topological polar surface area (TPSA) is 62.7 Å². The first-order valence-electron chi connectivity index (χ1n) is 7.17. The summed E-state index contributed by atoms with van der Waals surface area (Å²) in [4.78, 5) is 13.0. The average molecular weight is 326 g/mol. The van der Waals surface area contributed by atoms with Crippen LogP contribution in [0.3, 0.4) is 0 Å². The van der Waals surface area contributed by atoms with Gasteiger partial charge >= 0.3 is 0 Å². The fraction of sp³-hybridized carbons (Fsp3) is 0.118. The highest BCUT2D eigenvalue weighted by molar-refractivity contribution is 6.30. The van der Waals surface area contributed by atoms with Gasteiger partial charge in [-0.05, 0) is 50.2 Å². The van der Waals surface area contributed by atoms with Crippen LogP contribution in [0.2, 0.25) is 5.02 Å². The minimum absolute atomic E-state index is 0.481. The van der Waals surface area contributed by atoms with Gasteiger partial charge in [0.1, 0.15) is 5.82 Å². The van der Waals surface area contributed by atoms with Gasteiger partial charge in [-0.2, -0.15) is 15.0 Å². The largest absolute Gasteiger partial charge is 0.324 e. The van der Waals surface area contributed by atoms with Crippen LogP contribution >= 0.6 is 11.6 Å². The second kappa shape index (κ2) is 6.62. The first kappa shape index (κ1) is 15.2. The van der Waals surface area contributed by atoms with E-state index in [1.54, 1.807) is 0 Å². The fourth-order valence-corrected chi connectivity index (χ4v) is 2.15. The minimum atomic E-state index is 0.481. The molecule has 6 heteroatoms. The first-order chi connectivity index (χ1) is 11.1. The van der Waals surface area contributed by atoms with Crippen LogP contribution in [0.5, 0.6) is 0 Å². The minimum Gasteiger partial charge on any atom is -0.324 e. The molecule has 0 radical (unpaired) electrons. The molecule has 0 aliphatic carbocycles. The number of hydrogen-bond acceptors (Lipinski definition) is 5.